The zero-order valence-electron chi connectivity index (χ0n) is 24.2. The number of para-hydroxylation sites is 1. The first-order chi connectivity index (χ1) is 20.6. The van der Waals surface area contributed by atoms with Crippen molar-refractivity contribution >= 4 is 16.8 Å². The lowest BCUT2D eigenvalue weighted by molar-refractivity contribution is -0.137. The smallest absolute Gasteiger partial charge is 0.416 e. The normalized spacial score (nSPS) is 14.8. The van der Waals surface area contributed by atoms with Gasteiger partial charge in [-0.25, -0.2) is 4.39 Å². The highest BCUT2D eigenvalue weighted by molar-refractivity contribution is 6.00. The monoisotopic (exact) mass is 595 g/mol. The fourth-order valence-electron chi connectivity index (χ4n) is 5.55. The molecule has 1 amide bonds. The lowest BCUT2D eigenvalue weighted by Gasteiger charge is -2.45. The molecule has 1 aliphatic rings. The molecule has 2 heterocycles. The van der Waals surface area contributed by atoms with E-state index in [-0.39, 0.29) is 24.4 Å². The second-order valence-electron chi connectivity index (χ2n) is 10.7. The van der Waals surface area contributed by atoms with E-state index in [4.69, 9.17) is 9.47 Å². The minimum atomic E-state index is -4.42. The molecule has 1 saturated heterocycles. The van der Waals surface area contributed by atoms with Crippen LogP contribution in [0.2, 0.25) is 0 Å². The Hall–Kier alpha value is -4.18. The van der Waals surface area contributed by atoms with Crippen LogP contribution in [-0.2, 0) is 12.7 Å². The maximum Gasteiger partial charge on any atom is 0.416 e. The van der Waals surface area contributed by atoms with Crippen molar-refractivity contribution in [1.29, 1.82) is 0 Å². The summed E-state index contributed by atoms with van der Waals surface area (Å²) in [4.78, 5) is 22.6. The van der Waals surface area contributed by atoms with Crippen molar-refractivity contribution in [3.8, 4) is 22.6 Å². The first-order valence-corrected chi connectivity index (χ1v) is 14.0. The van der Waals surface area contributed by atoms with Gasteiger partial charge in [0.15, 0.2) is 0 Å². The standard InChI is InChI=1S/C33H33F4N3O3/c1-21(26-18-39(19-26)14-13-34)40(20-24-9-12-28(42-2)16-30(24)43-3)32(41)25-15-23-5-4-6-29(31(23)38-17-25)22-7-10-27(11-8-22)33(35,36)37/h4-12,15-17,21,26H,13-14,18-20H2,1-3H3. The van der Waals surface area contributed by atoms with Crippen molar-refractivity contribution in [2.45, 2.75) is 25.7 Å². The van der Waals surface area contributed by atoms with Gasteiger partial charge in [-0.2, -0.15) is 13.2 Å². The molecule has 0 radical (unpaired) electrons. The summed E-state index contributed by atoms with van der Waals surface area (Å²) in [6, 6.07) is 17.4. The Balaban J connectivity index is 1.47. The molecular weight excluding hydrogens is 562 g/mol. The van der Waals surface area contributed by atoms with Crippen LogP contribution in [0.4, 0.5) is 17.6 Å². The summed E-state index contributed by atoms with van der Waals surface area (Å²) in [6.45, 7) is 3.63. The number of carbonyl (C=O) groups is 1. The fourth-order valence-corrected chi connectivity index (χ4v) is 5.55. The van der Waals surface area contributed by atoms with Crippen molar-refractivity contribution in [2.24, 2.45) is 5.92 Å². The number of amides is 1. The second-order valence-corrected chi connectivity index (χ2v) is 10.7. The molecule has 43 heavy (non-hydrogen) atoms. The molecule has 10 heteroatoms. The predicted molar refractivity (Wildman–Crippen MR) is 157 cm³/mol. The van der Waals surface area contributed by atoms with E-state index < -0.39 is 18.4 Å². The van der Waals surface area contributed by atoms with E-state index in [0.29, 0.717) is 58.7 Å². The van der Waals surface area contributed by atoms with Crippen LogP contribution in [0.15, 0.2) is 72.9 Å². The number of nitrogens with zero attached hydrogens (tertiary/aromatic N) is 3. The van der Waals surface area contributed by atoms with Gasteiger partial charge in [0.1, 0.15) is 18.2 Å². The van der Waals surface area contributed by atoms with Crippen molar-refractivity contribution < 1.29 is 31.8 Å². The van der Waals surface area contributed by atoms with Crippen molar-refractivity contribution in [3.05, 3.63) is 89.6 Å². The third kappa shape index (κ3) is 6.44. The summed E-state index contributed by atoms with van der Waals surface area (Å²) < 4.78 is 63.1. The molecule has 6 nitrogen and oxygen atoms in total. The molecule has 3 aromatic carbocycles. The minimum absolute atomic E-state index is 0.163. The third-order valence-electron chi connectivity index (χ3n) is 8.14. The van der Waals surface area contributed by atoms with Gasteiger partial charge in [-0.3, -0.25) is 14.7 Å². The van der Waals surface area contributed by atoms with Crippen LogP contribution in [-0.4, -0.2) is 67.3 Å². The lowest BCUT2D eigenvalue weighted by atomic mass is 9.90. The average Bonchev–Trinajstić information content (AvgIpc) is 2.99. The molecule has 1 aliphatic heterocycles. The van der Waals surface area contributed by atoms with Gasteiger partial charge in [-0.15, -0.1) is 0 Å². The van der Waals surface area contributed by atoms with E-state index in [9.17, 15) is 22.4 Å². The summed E-state index contributed by atoms with van der Waals surface area (Å²) in [5.41, 5.74) is 2.31. The molecule has 0 bridgehead atoms. The largest absolute Gasteiger partial charge is 0.497 e. The highest BCUT2D eigenvalue weighted by Crippen LogP contribution is 2.34. The predicted octanol–water partition coefficient (Wildman–Crippen LogP) is 6.87. The van der Waals surface area contributed by atoms with Crippen LogP contribution < -0.4 is 9.47 Å². The Morgan fingerprint density at radius 2 is 1.79 bits per heavy atom. The number of halogens is 4. The number of fused-ring (bicyclic) bond motifs is 1. The van der Waals surface area contributed by atoms with Crippen LogP contribution in [0.25, 0.3) is 22.0 Å². The second kappa shape index (κ2) is 12.6. The summed E-state index contributed by atoms with van der Waals surface area (Å²) in [5, 5.41) is 0.690. The van der Waals surface area contributed by atoms with E-state index >= 15 is 0 Å². The van der Waals surface area contributed by atoms with E-state index in [1.165, 1.54) is 18.3 Å². The molecular formula is C33H33F4N3O3. The van der Waals surface area contributed by atoms with Crippen molar-refractivity contribution in [3.63, 3.8) is 0 Å². The van der Waals surface area contributed by atoms with Crippen LogP contribution in [0.1, 0.15) is 28.4 Å². The minimum Gasteiger partial charge on any atom is -0.497 e. The molecule has 1 atom stereocenters. The maximum atomic E-state index is 14.1. The van der Waals surface area contributed by atoms with Gasteiger partial charge < -0.3 is 14.4 Å². The maximum absolute atomic E-state index is 14.1. The average molecular weight is 596 g/mol. The van der Waals surface area contributed by atoms with Crippen LogP contribution in [0, 0.1) is 5.92 Å². The number of alkyl halides is 4. The summed E-state index contributed by atoms with van der Waals surface area (Å²) >= 11 is 0. The van der Waals surface area contributed by atoms with Crippen LogP contribution >= 0.6 is 0 Å². The molecule has 0 spiro atoms. The van der Waals surface area contributed by atoms with E-state index in [1.54, 1.807) is 43.4 Å². The van der Waals surface area contributed by atoms with Crippen molar-refractivity contribution in [1.82, 2.24) is 14.8 Å². The van der Waals surface area contributed by atoms with Crippen LogP contribution in [0.5, 0.6) is 11.5 Å². The highest BCUT2D eigenvalue weighted by atomic mass is 19.4. The third-order valence-corrected chi connectivity index (χ3v) is 8.14. The number of hydrogen-bond donors (Lipinski definition) is 0. The number of ether oxygens (including phenoxy) is 2. The molecule has 5 rings (SSSR count). The number of benzene rings is 3. The fraction of sp³-hybridized carbons (Fsp3) is 0.333. The number of carbonyl (C=O) groups excluding carboxylic acids is 1. The Bertz CT molecular complexity index is 1590. The number of hydrogen-bond acceptors (Lipinski definition) is 5. The molecule has 0 saturated carbocycles. The highest BCUT2D eigenvalue weighted by Gasteiger charge is 2.36. The van der Waals surface area contributed by atoms with Gasteiger partial charge in [0.25, 0.3) is 5.91 Å². The number of likely N-dealkylation sites (tertiary alicyclic amines) is 1. The van der Waals surface area contributed by atoms with Crippen molar-refractivity contribution in [2.75, 3.05) is 40.5 Å². The number of pyridine rings is 1. The van der Waals surface area contributed by atoms with Gasteiger partial charge >= 0.3 is 6.18 Å². The van der Waals surface area contributed by atoms with E-state index in [1.807, 2.05) is 30.0 Å². The van der Waals surface area contributed by atoms with Crippen LogP contribution in [0.3, 0.4) is 0 Å². The Kier molecular flexibility index (Phi) is 8.87. The molecule has 0 N–H and O–H groups in total. The molecule has 1 unspecified atom stereocenters. The summed E-state index contributed by atoms with van der Waals surface area (Å²) in [6.07, 6.45) is -2.91. The molecule has 1 fully saturated rings. The molecule has 0 aliphatic carbocycles. The first kappa shape index (κ1) is 30.3. The Morgan fingerprint density at radius 1 is 1.05 bits per heavy atom. The van der Waals surface area contributed by atoms with E-state index in [2.05, 4.69) is 4.98 Å². The van der Waals surface area contributed by atoms with Gasteiger partial charge in [0.05, 0.1) is 30.9 Å². The zero-order valence-corrected chi connectivity index (χ0v) is 24.2. The molecule has 4 aromatic rings. The van der Waals surface area contributed by atoms with Gasteiger partial charge in [0, 0.05) is 66.9 Å². The summed E-state index contributed by atoms with van der Waals surface area (Å²) in [7, 11) is 3.14. The Morgan fingerprint density at radius 3 is 2.44 bits per heavy atom. The lowest BCUT2D eigenvalue weighted by Crippen LogP contribution is -2.56. The first-order valence-electron chi connectivity index (χ1n) is 14.0. The number of rotatable bonds is 10. The topological polar surface area (TPSA) is 54.9 Å². The number of methoxy groups -OCH3 is 2. The van der Waals surface area contributed by atoms with Gasteiger partial charge in [0.2, 0.25) is 0 Å². The number of aromatic nitrogens is 1. The zero-order chi connectivity index (χ0) is 30.7. The molecule has 1 aromatic heterocycles. The summed E-state index contributed by atoms with van der Waals surface area (Å²) in [5.74, 6) is 1.17. The van der Waals surface area contributed by atoms with E-state index in [0.717, 1.165) is 17.7 Å². The molecule has 226 valence electrons. The quantitative estimate of drug-likeness (QED) is 0.187. The SMILES string of the molecule is COc1ccc(CN(C(=O)c2cnc3c(-c4ccc(C(F)(F)F)cc4)cccc3c2)C(C)C2CN(CCF)C2)c(OC)c1. The van der Waals surface area contributed by atoms with Gasteiger partial charge in [-0.05, 0) is 42.8 Å². The van der Waals surface area contributed by atoms with Gasteiger partial charge in [-0.1, -0.05) is 30.3 Å². The Labute approximate surface area is 247 Å².